The van der Waals surface area contributed by atoms with Crippen molar-refractivity contribution in [3.63, 3.8) is 0 Å². The molecule has 1 aromatic heterocycles. The van der Waals surface area contributed by atoms with Crippen LogP contribution < -0.4 is 16.0 Å². The molecule has 0 radical (unpaired) electrons. The monoisotopic (exact) mass is 407 g/mol. The van der Waals surface area contributed by atoms with Gasteiger partial charge in [0.25, 0.3) is 0 Å². The van der Waals surface area contributed by atoms with Gasteiger partial charge >= 0.3 is 0 Å². The fraction of sp³-hybridized carbons (Fsp3) is 0. The first-order valence-electron chi connectivity index (χ1n) is 7.90. The maximum atomic E-state index is 4.50. The molecule has 0 aliphatic rings. The summed E-state index contributed by atoms with van der Waals surface area (Å²) in [6, 6.07) is 29.1. The van der Waals surface area contributed by atoms with Crippen LogP contribution >= 0.6 is 23.9 Å². The zero-order chi connectivity index (χ0) is 17.1. The highest BCUT2D eigenvalue weighted by Gasteiger charge is 2.19. The van der Waals surface area contributed by atoms with Gasteiger partial charge < -0.3 is 0 Å². The Balaban J connectivity index is 1.77. The second-order valence-corrected chi connectivity index (χ2v) is 8.58. The lowest BCUT2D eigenvalue weighted by Crippen LogP contribution is -2.21. The van der Waals surface area contributed by atoms with E-state index < -0.39 is 7.92 Å². The summed E-state index contributed by atoms with van der Waals surface area (Å²) >= 11 is 3.47. The Morgan fingerprint density at radius 2 is 1.28 bits per heavy atom. The highest BCUT2D eigenvalue weighted by atomic mass is 79.9. The van der Waals surface area contributed by atoms with Crippen LogP contribution in [0.15, 0.2) is 95.6 Å². The van der Waals surface area contributed by atoms with Gasteiger partial charge in [0.2, 0.25) is 0 Å². The Morgan fingerprint density at radius 1 is 0.720 bits per heavy atom. The summed E-state index contributed by atoms with van der Waals surface area (Å²) in [5.41, 5.74) is 1.99. The van der Waals surface area contributed by atoms with Gasteiger partial charge in [-0.1, -0.05) is 81.8 Å². The lowest BCUT2D eigenvalue weighted by molar-refractivity contribution is 0.805. The molecule has 1 heterocycles. The van der Waals surface area contributed by atoms with Crippen LogP contribution in [0.4, 0.5) is 0 Å². The van der Waals surface area contributed by atoms with Gasteiger partial charge in [-0.25, -0.2) is 4.68 Å². The van der Waals surface area contributed by atoms with Crippen LogP contribution in [0.3, 0.4) is 0 Å². The van der Waals surface area contributed by atoms with Crippen molar-refractivity contribution in [1.29, 1.82) is 0 Å². The lowest BCUT2D eigenvalue weighted by Gasteiger charge is -2.15. The van der Waals surface area contributed by atoms with Gasteiger partial charge in [-0.05, 0) is 34.9 Å². The molecule has 0 spiro atoms. The molecule has 0 saturated carbocycles. The van der Waals surface area contributed by atoms with Gasteiger partial charge in [-0.15, -0.1) is 5.10 Å². The molecule has 0 atom stereocenters. The second-order valence-electron chi connectivity index (χ2n) is 5.50. The van der Waals surface area contributed by atoms with Crippen LogP contribution in [-0.2, 0) is 0 Å². The van der Waals surface area contributed by atoms with Gasteiger partial charge in [-0.3, -0.25) is 0 Å². The van der Waals surface area contributed by atoms with Gasteiger partial charge in [0.1, 0.15) is 5.44 Å². The Labute approximate surface area is 156 Å². The largest absolute Gasteiger partial charge is 0.220 e. The predicted octanol–water partition coefficient (Wildman–Crippen LogP) is 3.79. The fourth-order valence-corrected chi connectivity index (χ4v) is 5.03. The van der Waals surface area contributed by atoms with Crippen LogP contribution in [0.1, 0.15) is 0 Å². The van der Waals surface area contributed by atoms with E-state index in [1.165, 1.54) is 10.6 Å². The van der Waals surface area contributed by atoms with E-state index in [-0.39, 0.29) is 0 Å². The number of aromatic nitrogens is 3. The average molecular weight is 408 g/mol. The summed E-state index contributed by atoms with van der Waals surface area (Å²) < 4.78 is 2.88. The maximum Gasteiger partial charge on any atom is 0.115 e. The molecule has 0 aliphatic heterocycles. The topological polar surface area (TPSA) is 30.7 Å². The molecule has 0 fully saturated rings. The minimum Gasteiger partial charge on any atom is -0.220 e. The smallest absolute Gasteiger partial charge is 0.115 e. The first-order valence-corrected chi connectivity index (χ1v) is 10.0. The van der Waals surface area contributed by atoms with Crippen molar-refractivity contribution in [3.05, 3.63) is 95.6 Å². The average Bonchev–Trinajstić information content (AvgIpc) is 3.14. The molecule has 25 heavy (non-hydrogen) atoms. The Morgan fingerprint density at radius 3 is 1.84 bits per heavy atom. The van der Waals surface area contributed by atoms with E-state index >= 15 is 0 Å². The normalized spacial score (nSPS) is 11.0. The molecule has 3 nitrogen and oxygen atoms in total. The molecule has 3 aromatic carbocycles. The Kier molecular flexibility index (Phi) is 4.73. The van der Waals surface area contributed by atoms with E-state index in [4.69, 9.17) is 0 Å². The first kappa shape index (κ1) is 16.2. The number of rotatable bonds is 4. The molecule has 0 N–H and O–H groups in total. The molecular formula is C20H15BrN3P. The Hall–Kier alpha value is -2.29. The van der Waals surface area contributed by atoms with Crippen LogP contribution in [-0.4, -0.2) is 15.0 Å². The molecule has 0 aliphatic carbocycles. The lowest BCUT2D eigenvalue weighted by atomic mass is 10.3. The molecule has 0 amide bonds. The van der Waals surface area contributed by atoms with E-state index in [0.29, 0.717) is 0 Å². The Bertz CT molecular complexity index is 914. The third kappa shape index (κ3) is 3.55. The highest BCUT2D eigenvalue weighted by Crippen LogP contribution is 2.31. The van der Waals surface area contributed by atoms with Crippen molar-refractivity contribution in [2.24, 2.45) is 0 Å². The van der Waals surface area contributed by atoms with Crippen LogP contribution in [0.2, 0.25) is 0 Å². The summed E-state index contributed by atoms with van der Waals surface area (Å²) in [5.74, 6) is 0. The summed E-state index contributed by atoms with van der Waals surface area (Å²) in [6.07, 6.45) is 2.04. The SMILES string of the molecule is Brc1ccc(-n2cc(P(c3ccccc3)c3ccccc3)nn2)cc1. The zero-order valence-electron chi connectivity index (χ0n) is 13.3. The van der Waals surface area contributed by atoms with Crippen molar-refractivity contribution in [2.45, 2.75) is 0 Å². The predicted molar refractivity (Wildman–Crippen MR) is 108 cm³/mol. The molecule has 0 saturated heterocycles. The first-order chi connectivity index (χ1) is 12.3. The molecular weight excluding hydrogens is 393 g/mol. The minimum atomic E-state index is -0.725. The van der Waals surface area contributed by atoms with Crippen molar-refractivity contribution < 1.29 is 0 Å². The van der Waals surface area contributed by atoms with Crippen molar-refractivity contribution in [3.8, 4) is 5.69 Å². The van der Waals surface area contributed by atoms with Crippen molar-refractivity contribution in [2.75, 3.05) is 0 Å². The highest BCUT2D eigenvalue weighted by molar-refractivity contribution is 9.10. The molecule has 4 rings (SSSR count). The maximum absolute atomic E-state index is 4.50. The zero-order valence-corrected chi connectivity index (χ0v) is 15.8. The van der Waals surface area contributed by atoms with E-state index in [0.717, 1.165) is 15.6 Å². The van der Waals surface area contributed by atoms with E-state index in [1.54, 1.807) is 0 Å². The number of hydrogen-bond donors (Lipinski definition) is 0. The number of hydrogen-bond acceptors (Lipinski definition) is 2. The number of halogens is 1. The summed E-state index contributed by atoms with van der Waals surface area (Å²) in [5, 5.41) is 11.4. The van der Waals surface area contributed by atoms with E-state index in [1.807, 2.05) is 47.3 Å². The van der Waals surface area contributed by atoms with E-state index in [9.17, 15) is 0 Å². The van der Waals surface area contributed by atoms with Crippen molar-refractivity contribution >= 4 is 39.9 Å². The van der Waals surface area contributed by atoms with Gasteiger partial charge in [-0.2, -0.15) is 0 Å². The molecule has 5 heteroatoms. The molecule has 0 bridgehead atoms. The third-order valence-electron chi connectivity index (χ3n) is 3.83. The van der Waals surface area contributed by atoms with Crippen LogP contribution in [0, 0.1) is 0 Å². The summed E-state index contributed by atoms with van der Waals surface area (Å²) in [4.78, 5) is 0. The number of nitrogens with zero attached hydrogens (tertiary/aromatic N) is 3. The summed E-state index contributed by atoms with van der Waals surface area (Å²) in [7, 11) is -0.725. The molecule has 122 valence electrons. The van der Waals surface area contributed by atoms with Crippen LogP contribution in [0.25, 0.3) is 5.69 Å². The third-order valence-corrected chi connectivity index (χ3v) is 6.65. The molecule has 4 aromatic rings. The number of benzene rings is 3. The van der Waals surface area contributed by atoms with Gasteiger partial charge in [0, 0.05) is 12.4 Å². The minimum absolute atomic E-state index is 0.725. The van der Waals surface area contributed by atoms with Crippen LogP contribution in [0.5, 0.6) is 0 Å². The second kappa shape index (κ2) is 7.30. The fourth-order valence-electron chi connectivity index (χ4n) is 2.65. The molecule has 0 unspecified atom stereocenters. The van der Waals surface area contributed by atoms with E-state index in [2.05, 4.69) is 74.8 Å². The summed E-state index contributed by atoms with van der Waals surface area (Å²) in [6.45, 7) is 0. The standard InChI is InChI=1S/C20H15BrN3P/c21-16-11-13-17(14-12-16)24-15-20(22-23-24)25(18-7-3-1-4-8-18)19-9-5-2-6-10-19/h1-15H. The van der Waals surface area contributed by atoms with Crippen molar-refractivity contribution in [1.82, 2.24) is 15.0 Å². The quantitative estimate of drug-likeness (QED) is 0.482. The van der Waals surface area contributed by atoms with Gasteiger partial charge in [0.15, 0.2) is 0 Å². The van der Waals surface area contributed by atoms with Gasteiger partial charge in [0.05, 0.1) is 11.9 Å².